The van der Waals surface area contributed by atoms with Crippen molar-refractivity contribution in [2.45, 2.75) is 0 Å². The lowest BCUT2D eigenvalue weighted by molar-refractivity contribution is 0.415. The zero-order chi connectivity index (χ0) is 15.0. The number of benzene rings is 2. The molecule has 0 spiro atoms. The molecule has 0 aliphatic rings. The predicted octanol–water partition coefficient (Wildman–Crippen LogP) is 5.48. The first kappa shape index (κ1) is 14.8. The van der Waals surface area contributed by atoms with Gasteiger partial charge < -0.3 is 4.74 Å². The maximum Gasteiger partial charge on any atom is 0.161 e. The van der Waals surface area contributed by atoms with Crippen molar-refractivity contribution in [3.63, 3.8) is 0 Å². The van der Waals surface area contributed by atoms with Crippen molar-refractivity contribution in [1.29, 1.82) is 0 Å². The van der Waals surface area contributed by atoms with Crippen molar-refractivity contribution in [1.82, 2.24) is 9.97 Å². The maximum absolute atomic E-state index is 6.30. The number of fused-ring (bicyclic) bond motifs is 1. The molecule has 0 aliphatic heterocycles. The molecule has 0 amide bonds. The molecule has 0 aliphatic carbocycles. The van der Waals surface area contributed by atoms with Crippen molar-refractivity contribution in [2.24, 2.45) is 0 Å². The van der Waals surface area contributed by atoms with Gasteiger partial charge in [0.2, 0.25) is 0 Å². The Hall–Kier alpha value is -1.17. The summed E-state index contributed by atoms with van der Waals surface area (Å²) in [5.41, 5.74) is 1.67. The van der Waals surface area contributed by atoms with E-state index in [2.05, 4.69) is 41.8 Å². The summed E-state index contributed by atoms with van der Waals surface area (Å²) in [6, 6.07) is 11.4. The van der Waals surface area contributed by atoms with Gasteiger partial charge in [0.15, 0.2) is 5.82 Å². The highest BCUT2D eigenvalue weighted by molar-refractivity contribution is 9.11. The molecular formula is C15H9Br2ClN2O. The highest BCUT2D eigenvalue weighted by Gasteiger charge is 2.11. The second kappa shape index (κ2) is 5.91. The van der Waals surface area contributed by atoms with E-state index in [1.54, 1.807) is 7.11 Å². The van der Waals surface area contributed by atoms with Crippen molar-refractivity contribution in [3.05, 3.63) is 50.5 Å². The third-order valence-electron chi connectivity index (χ3n) is 3.02. The van der Waals surface area contributed by atoms with Crippen LogP contribution in [0.3, 0.4) is 0 Å². The first-order valence-electron chi connectivity index (χ1n) is 6.05. The zero-order valence-electron chi connectivity index (χ0n) is 10.9. The lowest BCUT2D eigenvalue weighted by Crippen LogP contribution is -1.93. The molecule has 3 rings (SSSR count). The minimum atomic E-state index is 0.424. The quantitative estimate of drug-likeness (QED) is 0.507. The molecule has 0 saturated heterocycles. The molecule has 0 fully saturated rings. The SMILES string of the molecule is COc1ccc(-c2nc(Cl)c3cc(Br)cc(Br)c3n2)cc1. The van der Waals surface area contributed by atoms with Gasteiger partial charge in [0.1, 0.15) is 10.9 Å². The van der Waals surface area contributed by atoms with E-state index in [-0.39, 0.29) is 0 Å². The summed E-state index contributed by atoms with van der Waals surface area (Å²) in [6.45, 7) is 0. The molecule has 0 saturated carbocycles. The summed E-state index contributed by atoms with van der Waals surface area (Å²) in [7, 11) is 1.63. The lowest BCUT2D eigenvalue weighted by atomic mass is 10.2. The molecule has 106 valence electrons. The van der Waals surface area contributed by atoms with E-state index >= 15 is 0 Å². The number of methoxy groups -OCH3 is 1. The first-order valence-corrected chi connectivity index (χ1v) is 8.01. The molecule has 0 radical (unpaired) electrons. The van der Waals surface area contributed by atoms with Gasteiger partial charge in [-0.15, -0.1) is 0 Å². The smallest absolute Gasteiger partial charge is 0.161 e. The summed E-state index contributed by atoms with van der Waals surface area (Å²) in [5, 5.41) is 1.22. The van der Waals surface area contributed by atoms with Crippen LogP contribution in [-0.2, 0) is 0 Å². The van der Waals surface area contributed by atoms with Crippen LogP contribution in [0.1, 0.15) is 0 Å². The Kier molecular flexibility index (Phi) is 4.15. The van der Waals surface area contributed by atoms with E-state index in [1.807, 2.05) is 36.4 Å². The Balaban J connectivity index is 2.19. The Bertz CT molecular complexity index is 822. The first-order chi connectivity index (χ1) is 10.1. The number of hydrogen-bond donors (Lipinski definition) is 0. The molecule has 3 nitrogen and oxygen atoms in total. The van der Waals surface area contributed by atoms with Gasteiger partial charge in [-0.25, -0.2) is 9.97 Å². The van der Waals surface area contributed by atoms with Gasteiger partial charge in [0, 0.05) is 19.9 Å². The number of hydrogen-bond acceptors (Lipinski definition) is 3. The van der Waals surface area contributed by atoms with E-state index in [4.69, 9.17) is 16.3 Å². The molecule has 0 N–H and O–H groups in total. The molecule has 3 aromatic rings. The van der Waals surface area contributed by atoms with Gasteiger partial charge in [0.05, 0.1) is 12.6 Å². The second-order valence-electron chi connectivity index (χ2n) is 4.35. The Morgan fingerprint density at radius 1 is 1.05 bits per heavy atom. The topological polar surface area (TPSA) is 35.0 Å². The van der Waals surface area contributed by atoms with Crippen LogP contribution in [0.25, 0.3) is 22.3 Å². The minimum absolute atomic E-state index is 0.424. The summed E-state index contributed by atoms with van der Waals surface area (Å²) in [6.07, 6.45) is 0. The zero-order valence-corrected chi connectivity index (χ0v) is 14.8. The molecule has 21 heavy (non-hydrogen) atoms. The van der Waals surface area contributed by atoms with Crippen LogP contribution in [0.2, 0.25) is 5.15 Å². The van der Waals surface area contributed by atoms with Gasteiger partial charge >= 0.3 is 0 Å². The fourth-order valence-corrected chi connectivity index (χ4v) is 3.53. The maximum atomic E-state index is 6.30. The molecule has 0 unspecified atom stereocenters. The third-order valence-corrected chi connectivity index (χ3v) is 4.37. The standard InChI is InChI=1S/C15H9Br2ClN2O/c1-21-10-4-2-8(3-5-10)15-19-13-11(14(18)20-15)6-9(16)7-12(13)17/h2-7H,1H3. The van der Waals surface area contributed by atoms with Crippen LogP contribution in [0.15, 0.2) is 45.3 Å². The normalized spacial score (nSPS) is 10.9. The van der Waals surface area contributed by atoms with Crippen LogP contribution >= 0.6 is 43.5 Å². The second-order valence-corrected chi connectivity index (χ2v) is 6.48. The average Bonchev–Trinajstić information content (AvgIpc) is 2.48. The molecule has 0 bridgehead atoms. The van der Waals surface area contributed by atoms with Crippen molar-refractivity contribution in [2.75, 3.05) is 7.11 Å². The number of halogens is 3. The van der Waals surface area contributed by atoms with Crippen LogP contribution in [0.4, 0.5) is 0 Å². The monoisotopic (exact) mass is 426 g/mol. The summed E-state index contributed by atoms with van der Waals surface area (Å²) in [5.74, 6) is 1.37. The number of aromatic nitrogens is 2. The fraction of sp³-hybridized carbons (Fsp3) is 0.0667. The van der Waals surface area contributed by atoms with E-state index in [0.717, 1.165) is 31.2 Å². The molecular weight excluding hydrogens is 419 g/mol. The molecule has 2 aromatic carbocycles. The van der Waals surface area contributed by atoms with Gasteiger partial charge in [-0.05, 0) is 52.3 Å². The van der Waals surface area contributed by atoms with E-state index in [0.29, 0.717) is 11.0 Å². The summed E-state index contributed by atoms with van der Waals surface area (Å²) < 4.78 is 6.94. The van der Waals surface area contributed by atoms with Crippen LogP contribution in [0.5, 0.6) is 5.75 Å². The fourth-order valence-electron chi connectivity index (χ4n) is 1.99. The van der Waals surface area contributed by atoms with Crippen molar-refractivity contribution in [3.8, 4) is 17.1 Å². The van der Waals surface area contributed by atoms with E-state index in [9.17, 15) is 0 Å². The lowest BCUT2D eigenvalue weighted by Gasteiger charge is -2.07. The minimum Gasteiger partial charge on any atom is -0.497 e. The Morgan fingerprint density at radius 3 is 2.43 bits per heavy atom. The van der Waals surface area contributed by atoms with E-state index < -0.39 is 0 Å². The van der Waals surface area contributed by atoms with Crippen molar-refractivity contribution >= 4 is 54.4 Å². The van der Waals surface area contributed by atoms with E-state index in [1.165, 1.54) is 0 Å². The number of rotatable bonds is 2. The van der Waals surface area contributed by atoms with Crippen LogP contribution in [0, 0.1) is 0 Å². The Labute approximate surface area is 143 Å². The highest BCUT2D eigenvalue weighted by Crippen LogP contribution is 2.32. The largest absolute Gasteiger partial charge is 0.497 e. The molecule has 1 heterocycles. The third kappa shape index (κ3) is 2.91. The van der Waals surface area contributed by atoms with Crippen LogP contribution in [-0.4, -0.2) is 17.1 Å². The van der Waals surface area contributed by atoms with Gasteiger partial charge in [0.25, 0.3) is 0 Å². The van der Waals surface area contributed by atoms with Gasteiger partial charge in [-0.2, -0.15) is 0 Å². The van der Waals surface area contributed by atoms with Gasteiger partial charge in [-0.3, -0.25) is 0 Å². The number of nitrogens with zero attached hydrogens (tertiary/aromatic N) is 2. The van der Waals surface area contributed by atoms with Crippen LogP contribution < -0.4 is 4.74 Å². The molecule has 1 aromatic heterocycles. The summed E-state index contributed by atoms with van der Waals surface area (Å²) >= 11 is 13.2. The average molecular weight is 429 g/mol. The van der Waals surface area contributed by atoms with Crippen molar-refractivity contribution < 1.29 is 4.74 Å². The highest BCUT2D eigenvalue weighted by atomic mass is 79.9. The van der Waals surface area contributed by atoms with Gasteiger partial charge in [-0.1, -0.05) is 27.5 Å². The summed E-state index contributed by atoms with van der Waals surface area (Å²) in [4.78, 5) is 8.98. The Morgan fingerprint density at radius 2 is 1.76 bits per heavy atom. The molecule has 6 heteroatoms. The predicted molar refractivity (Wildman–Crippen MR) is 91.9 cm³/mol. The molecule has 0 atom stereocenters. The number of ether oxygens (including phenoxy) is 1.